The molecule has 0 bridgehead atoms. The Morgan fingerprint density at radius 1 is 1.24 bits per heavy atom. The number of benzene rings is 2. The summed E-state index contributed by atoms with van der Waals surface area (Å²) < 4.78 is 32.8. The maximum Gasteiger partial charge on any atom is 0.191 e. The molecule has 0 radical (unpaired) electrons. The van der Waals surface area contributed by atoms with Gasteiger partial charge < -0.3 is 15.7 Å². The van der Waals surface area contributed by atoms with E-state index in [0.717, 1.165) is 12.1 Å². The lowest BCUT2D eigenvalue weighted by molar-refractivity contribution is 0.274. The molecule has 0 amide bonds. The maximum atomic E-state index is 13.8. The molecular weight excluding hydrogens is 302 g/mol. The van der Waals surface area contributed by atoms with Gasteiger partial charge in [-0.15, -0.1) is 0 Å². The molecule has 0 heterocycles. The number of hydrogen-bond donors (Lipinski definition) is 2. The second-order valence-electron chi connectivity index (χ2n) is 4.13. The van der Waals surface area contributed by atoms with Crippen LogP contribution in [-0.2, 0) is 6.61 Å². The van der Waals surface area contributed by atoms with Crippen molar-refractivity contribution in [1.29, 1.82) is 0 Å². The third-order valence-electron chi connectivity index (χ3n) is 2.73. The Labute approximate surface area is 124 Å². The summed E-state index contributed by atoms with van der Waals surface area (Å²) in [5, 5.41) is 11.6. The number of halogens is 3. The quantitative estimate of drug-likeness (QED) is 0.394. The fourth-order valence-corrected chi connectivity index (χ4v) is 1.86. The van der Waals surface area contributed by atoms with Crippen LogP contribution < -0.4 is 10.5 Å². The molecule has 110 valence electrons. The summed E-state index contributed by atoms with van der Waals surface area (Å²) in [5.41, 5.74) is 5.79. The van der Waals surface area contributed by atoms with Crippen LogP contribution in [0.1, 0.15) is 11.1 Å². The van der Waals surface area contributed by atoms with E-state index < -0.39 is 23.2 Å². The SMILES string of the molecule is N/C(=N/O)c1cc(F)c(OCc2ccccc2Cl)c(F)c1. The molecule has 2 rings (SSSR count). The van der Waals surface area contributed by atoms with Crippen molar-refractivity contribution >= 4 is 17.4 Å². The summed E-state index contributed by atoms with van der Waals surface area (Å²) in [6, 6.07) is 8.63. The van der Waals surface area contributed by atoms with Crippen LogP contribution in [0, 0.1) is 11.6 Å². The normalized spacial score (nSPS) is 11.5. The van der Waals surface area contributed by atoms with Crippen molar-refractivity contribution in [2.75, 3.05) is 0 Å². The minimum atomic E-state index is -0.955. The summed E-state index contributed by atoms with van der Waals surface area (Å²) in [6.07, 6.45) is 0. The molecule has 0 aliphatic heterocycles. The lowest BCUT2D eigenvalue weighted by Crippen LogP contribution is -2.14. The first-order valence-electron chi connectivity index (χ1n) is 5.86. The molecule has 0 atom stereocenters. The fraction of sp³-hybridized carbons (Fsp3) is 0.0714. The van der Waals surface area contributed by atoms with Gasteiger partial charge in [0.05, 0.1) is 0 Å². The fourth-order valence-electron chi connectivity index (χ4n) is 1.67. The highest BCUT2D eigenvalue weighted by atomic mass is 35.5. The summed E-state index contributed by atoms with van der Waals surface area (Å²) in [5.74, 6) is -2.86. The standard InChI is InChI=1S/C14H11ClF2N2O2/c15-10-4-2-1-3-8(10)7-21-13-11(16)5-9(6-12(13)17)14(18)19-20/h1-6,20H,7H2,(H2,18,19). The van der Waals surface area contributed by atoms with Crippen molar-refractivity contribution in [1.82, 2.24) is 0 Å². The minimum absolute atomic E-state index is 0.0856. The highest BCUT2D eigenvalue weighted by molar-refractivity contribution is 6.31. The van der Waals surface area contributed by atoms with Gasteiger partial charge in [-0.05, 0) is 18.2 Å². The van der Waals surface area contributed by atoms with E-state index in [9.17, 15) is 8.78 Å². The first kappa shape index (κ1) is 15.1. The van der Waals surface area contributed by atoms with Gasteiger partial charge in [0.1, 0.15) is 6.61 Å². The van der Waals surface area contributed by atoms with Crippen LogP contribution in [0.15, 0.2) is 41.6 Å². The van der Waals surface area contributed by atoms with Crippen LogP contribution in [-0.4, -0.2) is 11.0 Å². The second-order valence-corrected chi connectivity index (χ2v) is 4.54. The number of nitrogens with two attached hydrogens (primary N) is 1. The monoisotopic (exact) mass is 312 g/mol. The smallest absolute Gasteiger partial charge is 0.191 e. The van der Waals surface area contributed by atoms with Gasteiger partial charge in [-0.3, -0.25) is 0 Å². The summed E-state index contributed by atoms with van der Waals surface area (Å²) in [6.45, 7) is -0.0869. The van der Waals surface area contributed by atoms with Crippen LogP contribution in [0.5, 0.6) is 5.75 Å². The van der Waals surface area contributed by atoms with E-state index in [2.05, 4.69) is 5.16 Å². The van der Waals surface area contributed by atoms with Gasteiger partial charge in [0.15, 0.2) is 23.2 Å². The van der Waals surface area contributed by atoms with Crippen molar-refractivity contribution < 1.29 is 18.7 Å². The first-order chi connectivity index (χ1) is 10.0. The molecule has 21 heavy (non-hydrogen) atoms. The number of hydrogen-bond acceptors (Lipinski definition) is 3. The van der Waals surface area contributed by atoms with Gasteiger partial charge in [-0.25, -0.2) is 8.78 Å². The van der Waals surface area contributed by atoms with Gasteiger partial charge in [0, 0.05) is 16.1 Å². The molecule has 0 saturated carbocycles. The molecule has 4 nitrogen and oxygen atoms in total. The van der Waals surface area contributed by atoms with E-state index in [1.165, 1.54) is 0 Å². The third-order valence-corrected chi connectivity index (χ3v) is 3.10. The van der Waals surface area contributed by atoms with Gasteiger partial charge >= 0.3 is 0 Å². The van der Waals surface area contributed by atoms with E-state index in [1.54, 1.807) is 24.3 Å². The summed E-state index contributed by atoms with van der Waals surface area (Å²) >= 11 is 5.93. The van der Waals surface area contributed by atoms with Crippen molar-refractivity contribution in [3.8, 4) is 5.75 Å². The second kappa shape index (κ2) is 6.41. The van der Waals surface area contributed by atoms with Crippen molar-refractivity contribution in [2.45, 2.75) is 6.61 Å². The lowest BCUT2D eigenvalue weighted by Gasteiger charge is -2.10. The third kappa shape index (κ3) is 3.41. The topological polar surface area (TPSA) is 67.8 Å². The average Bonchev–Trinajstić information content (AvgIpc) is 2.47. The zero-order valence-corrected chi connectivity index (χ0v) is 11.4. The predicted molar refractivity (Wildman–Crippen MR) is 74.7 cm³/mol. The highest BCUT2D eigenvalue weighted by Gasteiger charge is 2.15. The van der Waals surface area contributed by atoms with Crippen molar-refractivity contribution in [2.24, 2.45) is 10.9 Å². The zero-order valence-electron chi connectivity index (χ0n) is 10.7. The Hall–Kier alpha value is -2.34. The number of amidine groups is 1. The predicted octanol–water partition coefficient (Wildman–Crippen LogP) is 3.29. The van der Waals surface area contributed by atoms with E-state index in [4.69, 9.17) is 27.3 Å². The lowest BCUT2D eigenvalue weighted by atomic mass is 10.2. The van der Waals surface area contributed by atoms with Crippen LogP contribution in [0.2, 0.25) is 5.02 Å². The number of oxime groups is 1. The Bertz CT molecular complexity index is 669. The van der Waals surface area contributed by atoms with E-state index in [1.807, 2.05) is 0 Å². The van der Waals surface area contributed by atoms with Crippen molar-refractivity contribution in [3.05, 3.63) is 64.2 Å². The molecule has 0 aliphatic carbocycles. The minimum Gasteiger partial charge on any atom is -0.483 e. The molecule has 0 unspecified atom stereocenters. The number of nitrogens with zero attached hydrogens (tertiary/aromatic N) is 1. The molecule has 0 saturated heterocycles. The Kier molecular flexibility index (Phi) is 4.59. The van der Waals surface area contributed by atoms with Crippen LogP contribution in [0.4, 0.5) is 8.78 Å². The van der Waals surface area contributed by atoms with Crippen molar-refractivity contribution in [3.63, 3.8) is 0 Å². The maximum absolute atomic E-state index is 13.8. The van der Waals surface area contributed by atoms with Gasteiger partial charge in [-0.2, -0.15) is 0 Å². The number of rotatable bonds is 4. The van der Waals surface area contributed by atoms with E-state index >= 15 is 0 Å². The molecular formula is C14H11ClF2N2O2. The Balaban J connectivity index is 2.23. The largest absolute Gasteiger partial charge is 0.483 e. The Morgan fingerprint density at radius 3 is 2.43 bits per heavy atom. The average molecular weight is 313 g/mol. The molecule has 7 heteroatoms. The highest BCUT2D eigenvalue weighted by Crippen LogP contribution is 2.25. The van der Waals surface area contributed by atoms with Gasteiger partial charge in [0.25, 0.3) is 0 Å². The van der Waals surface area contributed by atoms with E-state index in [-0.39, 0.29) is 12.2 Å². The summed E-state index contributed by atoms with van der Waals surface area (Å²) in [4.78, 5) is 0. The molecule has 0 fully saturated rings. The molecule has 2 aromatic carbocycles. The molecule has 0 spiro atoms. The molecule has 0 aromatic heterocycles. The molecule has 0 aliphatic rings. The van der Waals surface area contributed by atoms with E-state index in [0.29, 0.717) is 10.6 Å². The molecule has 3 N–H and O–H groups in total. The number of ether oxygens (including phenoxy) is 1. The van der Waals surface area contributed by atoms with Crippen LogP contribution in [0.25, 0.3) is 0 Å². The van der Waals surface area contributed by atoms with Gasteiger partial charge in [0.2, 0.25) is 0 Å². The zero-order chi connectivity index (χ0) is 15.4. The van der Waals surface area contributed by atoms with Gasteiger partial charge in [-0.1, -0.05) is 35.0 Å². The first-order valence-corrected chi connectivity index (χ1v) is 6.24. The Morgan fingerprint density at radius 2 is 1.86 bits per heavy atom. The van der Waals surface area contributed by atoms with Crippen LogP contribution in [0.3, 0.4) is 0 Å². The molecule has 2 aromatic rings. The summed E-state index contributed by atoms with van der Waals surface area (Å²) in [7, 11) is 0. The van der Waals surface area contributed by atoms with Crippen LogP contribution >= 0.6 is 11.6 Å².